The molecule has 6 nitrogen and oxygen atoms in total. The molecule has 1 fully saturated rings. The minimum atomic E-state index is -0.685. The second-order valence-corrected chi connectivity index (χ2v) is 7.04. The van der Waals surface area contributed by atoms with Gasteiger partial charge in [0.25, 0.3) is 0 Å². The summed E-state index contributed by atoms with van der Waals surface area (Å²) in [6.07, 6.45) is 6.54. The van der Waals surface area contributed by atoms with Crippen LogP contribution in [-0.2, 0) is 6.54 Å². The van der Waals surface area contributed by atoms with Crippen LogP contribution < -0.4 is 5.32 Å². The van der Waals surface area contributed by atoms with Gasteiger partial charge in [-0.05, 0) is 25.3 Å². The number of aryl methyl sites for hydroxylation is 1. The molecule has 0 saturated heterocycles. The lowest BCUT2D eigenvalue weighted by molar-refractivity contribution is 0.0899. The lowest BCUT2D eigenvalue weighted by Crippen LogP contribution is -2.48. The number of rotatable bonds is 6. The highest BCUT2D eigenvalue weighted by molar-refractivity contribution is 5.74. The van der Waals surface area contributed by atoms with Gasteiger partial charge in [0, 0.05) is 17.9 Å². The molecule has 3 rings (SSSR count). The summed E-state index contributed by atoms with van der Waals surface area (Å²) >= 11 is 0. The molecule has 3 N–H and O–H groups in total. The molecule has 1 aromatic carbocycles. The topological polar surface area (TPSA) is 81.2 Å². The molecule has 1 aliphatic rings. The number of carbonyl (C=O) groups is 1. The number of hydrogen-bond donors (Lipinski definition) is 3. The van der Waals surface area contributed by atoms with Crippen LogP contribution in [0.1, 0.15) is 55.3 Å². The number of aromatic nitrogens is 2. The van der Waals surface area contributed by atoms with E-state index in [1.54, 1.807) is 6.20 Å². The molecule has 1 saturated carbocycles. The van der Waals surface area contributed by atoms with Crippen LogP contribution in [0.5, 0.6) is 0 Å². The van der Waals surface area contributed by atoms with Gasteiger partial charge in [-0.1, -0.05) is 49.6 Å². The van der Waals surface area contributed by atoms with Gasteiger partial charge < -0.3 is 20.3 Å². The Hall–Kier alpha value is -2.34. The zero-order valence-corrected chi connectivity index (χ0v) is 15.3. The van der Waals surface area contributed by atoms with E-state index < -0.39 is 6.10 Å². The van der Waals surface area contributed by atoms with Gasteiger partial charge in [-0.25, -0.2) is 9.78 Å². The molecule has 0 spiro atoms. The van der Waals surface area contributed by atoms with Gasteiger partial charge in [0.2, 0.25) is 0 Å². The molecule has 0 aliphatic heterocycles. The molecule has 1 heterocycles. The number of aromatic amines is 1. The number of urea groups is 1. The van der Waals surface area contributed by atoms with E-state index in [0.717, 1.165) is 42.8 Å². The molecule has 0 bridgehead atoms. The Morgan fingerprint density at radius 2 is 2.04 bits per heavy atom. The van der Waals surface area contributed by atoms with Gasteiger partial charge >= 0.3 is 6.03 Å². The smallest absolute Gasteiger partial charge is 0.318 e. The summed E-state index contributed by atoms with van der Waals surface area (Å²) in [4.78, 5) is 22.0. The highest BCUT2D eigenvalue weighted by Gasteiger charge is 2.27. The fourth-order valence-electron chi connectivity index (χ4n) is 3.58. The molecule has 2 aromatic rings. The standard InChI is InChI=1S/C20H28N4O2/c1-15-12-21-19(23-15)13-22-20(26)24(17-10-6-3-7-11-17)14-18(25)16-8-4-2-5-9-16/h2,4-5,8-9,12,17-18,25H,3,6-7,10-11,13-14H2,1H3,(H,21,23)(H,22,26). The summed E-state index contributed by atoms with van der Waals surface area (Å²) < 4.78 is 0. The van der Waals surface area contributed by atoms with Crippen LogP contribution in [-0.4, -0.2) is 38.6 Å². The van der Waals surface area contributed by atoms with Crippen molar-refractivity contribution >= 4 is 6.03 Å². The van der Waals surface area contributed by atoms with Crippen LogP contribution in [0, 0.1) is 6.92 Å². The molecular weight excluding hydrogens is 328 g/mol. The van der Waals surface area contributed by atoms with E-state index in [4.69, 9.17) is 0 Å². The highest BCUT2D eigenvalue weighted by Crippen LogP contribution is 2.25. The van der Waals surface area contributed by atoms with Gasteiger partial charge in [0.05, 0.1) is 19.2 Å². The van der Waals surface area contributed by atoms with E-state index >= 15 is 0 Å². The summed E-state index contributed by atoms with van der Waals surface area (Å²) in [6, 6.07) is 9.57. The summed E-state index contributed by atoms with van der Waals surface area (Å²) in [7, 11) is 0. The monoisotopic (exact) mass is 356 g/mol. The van der Waals surface area contributed by atoms with Crippen molar-refractivity contribution in [1.29, 1.82) is 0 Å². The molecule has 26 heavy (non-hydrogen) atoms. The summed E-state index contributed by atoms with van der Waals surface area (Å²) in [5.41, 5.74) is 1.81. The van der Waals surface area contributed by atoms with E-state index in [2.05, 4.69) is 15.3 Å². The maximum Gasteiger partial charge on any atom is 0.318 e. The number of amides is 2. The number of imidazole rings is 1. The van der Waals surface area contributed by atoms with Gasteiger partial charge in [-0.3, -0.25) is 0 Å². The third kappa shape index (κ3) is 4.85. The van der Waals surface area contributed by atoms with E-state index in [-0.39, 0.29) is 12.1 Å². The maximum atomic E-state index is 12.9. The van der Waals surface area contributed by atoms with Crippen molar-refractivity contribution in [2.45, 2.75) is 57.7 Å². The minimum absolute atomic E-state index is 0.138. The Morgan fingerprint density at radius 1 is 1.31 bits per heavy atom. The summed E-state index contributed by atoms with van der Waals surface area (Å²) in [5, 5.41) is 13.6. The fourth-order valence-corrected chi connectivity index (χ4v) is 3.58. The number of benzene rings is 1. The second kappa shape index (κ2) is 8.85. The van der Waals surface area contributed by atoms with Gasteiger partial charge in [0.15, 0.2) is 0 Å². The first-order valence-electron chi connectivity index (χ1n) is 9.41. The number of nitrogens with zero attached hydrogens (tertiary/aromatic N) is 2. The van der Waals surface area contributed by atoms with E-state index in [0.29, 0.717) is 13.1 Å². The van der Waals surface area contributed by atoms with Gasteiger partial charge in [0.1, 0.15) is 5.82 Å². The SMILES string of the molecule is Cc1cnc(CNC(=O)N(CC(O)c2ccccc2)C2CCCCC2)[nH]1. The third-order valence-electron chi connectivity index (χ3n) is 4.99. The maximum absolute atomic E-state index is 12.9. The lowest BCUT2D eigenvalue weighted by atomic mass is 9.94. The Bertz CT molecular complexity index is 695. The van der Waals surface area contributed by atoms with Crippen molar-refractivity contribution in [3.8, 4) is 0 Å². The highest BCUT2D eigenvalue weighted by atomic mass is 16.3. The first-order valence-corrected chi connectivity index (χ1v) is 9.41. The van der Waals surface area contributed by atoms with Crippen LogP contribution in [0.4, 0.5) is 4.79 Å². The minimum Gasteiger partial charge on any atom is -0.387 e. The van der Waals surface area contributed by atoms with Crippen molar-refractivity contribution < 1.29 is 9.90 Å². The van der Waals surface area contributed by atoms with Crippen molar-refractivity contribution in [2.24, 2.45) is 0 Å². The van der Waals surface area contributed by atoms with Crippen LogP contribution in [0.25, 0.3) is 0 Å². The number of carbonyl (C=O) groups excluding carboxylic acids is 1. The van der Waals surface area contributed by atoms with Crippen molar-refractivity contribution in [2.75, 3.05) is 6.54 Å². The molecule has 2 amide bonds. The van der Waals surface area contributed by atoms with E-state index in [9.17, 15) is 9.90 Å². The average Bonchev–Trinajstić information content (AvgIpc) is 3.10. The molecule has 6 heteroatoms. The molecule has 1 unspecified atom stereocenters. The normalized spacial score (nSPS) is 16.2. The molecule has 1 aliphatic carbocycles. The van der Waals surface area contributed by atoms with Crippen molar-refractivity contribution in [3.63, 3.8) is 0 Å². The molecule has 1 atom stereocenters. The first-order chi connectivity index (χ1) is 12.6. The van der Waals surface area contributed by atoms with E-state index in [1.807, 2.05) is 42.2 Å². The molecule has 0 radical (unpaired) electrons. The Labute approximate surface area is 154 Å². The van der Waals surface area contributed by atoms with Crippen LogP contribution in [0.2, 0.25) is 0 Å². The second-order valence-electron chi connectivity index (χ2n) is 7.04. The summed E-state index contributed by atoms with van der Waals surface area (Å²) in [5.74, 6) is 0.739. The Kier molecular flexibility index (Phi) is 6.28. The molecule has 140 valence electrons. The van der Waals surface area contributed by atoms with Crippen LogP contribution >= 0.6 is 0 Å². The predicted molar refractivity (Wildman–Crippen MR) is 101 cm³/mol. The molecular formula is C20H28N4O2. The number of hydrogen-bond acceptors (Lipinski definition) is 3. The third-order valence-corrected chi connectivity index (χ3v) is 4.99. The number of aliphatic hydroxyl groups excluding tert-OH is 1. The van der Waals surface area contributed by atoms with Crippen LogP contribution in [0.15, 0.2) is 36.5 Å². The van der Waals surface area contributed by atoms with E-state index in [1.165, 1.54) is 6.42 Å². The molecule has 1 aromatic heterocycles. The average molecular weight is 356 g/mol. The first kappa shape index (κ1) is 18.5. The fraction of sp³-hybridized carbons (Fsp3) is 0.500. The number of H-pyrrole nitrogens is 1. The van der Waals surface area contributed by atoms with Crippen molar-refractivity contribution in [1.82, 2.24) is 20.2 Å². The number of nitrogens with one attached hydrogen (secondary N) is 2. The zero-order valence-electron chi connectivity index (χ0n) is 15.3. The Morgan fingerprint density at radius 3 is 2.69 bits per heavy atom. The number of aliphatic hydroxyl groups is 1. The summed E-state index contributed by atoms with van der Waals surface area (Å²) in [6.45, 7) is 2.60. The van der Waals surface area contributed by atoms with Crippen molar-refractivity contribution in [3.05, 3.63) is 53.6 Å². The largest absolute Gasteiger partial charge is 0.387 e. The lowest BCUT2D eigenvalue weighted by Gasteiger charge is -2.35. The van der Waals surface area contributed by atoms with Gasteiger partial charge in [-0.2, -0.15) is 0 Å². The van der Waals surface area contributed by atoms with Crippen LogP contribution in [0.3, 0.4) is 0 Å². The quantitative estimate of drug-likeness (QED) is 0.743. The zero-order chi connectivity index (χ0) is 18.4. The Balaban J connectivity index is 1.66. The predicted octanol–water partition coefficient (Wildman–Crippen LogP) is 3.30. The van der Waals surface area contributed by atoms with Gasteiger partial charge in [-0.15, -0.1) is 0 Å².